The van der Waals surface area contributed by atoms with Gasteiger partial charge < -0.3 is 10.6 Å². The van der Waals surface area contributed by atoms with Gasteiger partial charge in [0.2, 0.25) is 5.91 Å². The number of nitrogens with zero attached hydrogens (tertiary/aromatic N) is 1. The maximum absolute atomic E-state index is 11.7. The van der Waals surface area contributed by atoms with E-state index in [2.05, 4.69) is 27.8 Å². The van der Waals surface area contributed by atoms with Crippen molar-refractivity contribution < 1.29 is 9.59 Å². The summed E-state index contributed by atoms with van der Waals surface area (Å²) in [5.41, 5.74) is 0. The first kappa shape index (κ1) is 16.9. The first-order chi connectivity index (χ1) is 9.65. The fraction of sp³-hybridized carbons (Fsp3) is 0.857. The van der Waals surface area contributed by atoms with Crippen molar-refractivity contribution in [3.05, 3.63) is 0 Å². The second-order valence-corrected chi connectivity index (χ2v) is 5.43. The van der Waals surface area contributed by atoms with Gasteiger partial charge in [0.25, 0.3) is 0 Å². The Balaban J connectivity index is 2.15. The molecule has 3 N–H and O–H groups in total. The highest BCUT2D eigenvalue weighted by molar-refractivity contribution is 5.95. The highest BCUT2D eigenvalue weighted by Crippen LogP contribution is 2.15. The SMILES string of the molecule is CCCCNC(=O)NC(=O)CN1CCC(CNC)CC1. The van der Waals surface area contributed by atoms with Crippen LogP contribution in [0.15, 0.2) is 0 Å². The Hall–Kier alpha value is -1.14. The molecule has 116 valence electrons. The monoisotopic (exact) mass is 284 g/mol. The standard InChI is InChI=1S/C14H28N4O2/c1-3-4-7-16-14(20)17-13(19)11-18-8-5-12(6-9-18)10-15-2/h12,15H,3-11H2,1-2H3,(H2,16,17,19,20). The van der Waals surface area contributed by atoms with Crippen molar-refractivity contribution >= 4 is 11.9 Å². The third-order valence-electron chi connectivity index (χ3n) is 3.64. The summed E-state index contributed by atoms with van der Waals surface area (Å²) in [6.45, 7) is 5.88. The van der Waals surface area contributed by atoms with Crippen molar-refractivity contribution in [3.63, 3.8) is 0 Å². The minimum absolute atomic E-state index is 0.217. The largest absolute Gasteiger partial charge is 0.338 e. The number of amides is 3. The van der Waals surface area contributed by atoms with Gasteiger partial charge in [-0.25, -0.2) is 4.79 Å². The Morgan fingerprint density at radius 3 is 2.55 bits per heavy atom. The molecule has 1 heterocycles. The Morgan fingerprint density at radius 2 is 1.95 bits per heavy atom. The van der Waals surface area contributed by atoms with Crippen LogP contribution in [0.5, 0.6) is 0 Å². The van der Waals surface area contributed by atoms with Crippen LogP contribution in [0.4, 0.5) is 4.79 Å². The fourth-order valence-electron chi connectivity index (χ4n) is 2.43. The predicted octanol–water partition coefficient (Wildman–Crippen LogP) is 0.544. The Morgan fingerprint density at radius 1 is 1.25 bits per heavy atom. The van der Waals surface area contributed by atoms with Crippen molar-refractivity contribution in [2.75, 3.05) is 39.8 Å². The van der Waals surface area contributed by atoms with Gasteiger partial charge in [0.1, 0.15) is 0 Å². The van der Waals surface area contributed by atoms with Gasteiger partial charge in [0.05, 0.1) is 6.54 Å². The molecule has 1 saturated heterocycles. The molecule has 0 aromatic heterocycles. The van der Waals surface area contributed by atoms with E-state index >= 15 is 0 Å². The third kappa shape index (κ3) is 6.86. The summed E-state index contributed by atoms with van der Waals surface area (Å²) in [6.07, 6.45) is 4.17. The van der Waals surface area contributed by atoms with Crippen LogP contribution >= 0.6 is 0 Å². The molecule has 0 aromatic carbocycles. The third-order valence-corrected chi connectivity index (χ3v) is 3.64. The van der Waals surface area contributed by atoms with Crippen molar-refractivity contribution in [1.82, 2.24) is 20.9 Å². The lowest BCUT2D eigenvalue weighted by molar-refractivity contribution is -0.121. The quantitative estimate of drug-likeness (QED) is 0.597. The summed E-state index contributed by atoms with van der Waals surface area (Å²) in [5.74, 6) is 0.489. The molecule has 0 bridgehead atoms. The van der Waals surface area contributed by atoms with E-state index in [-0.39, 0.29) is 11.9 Å². The molecule has 0 saturated carbocycles. The molecule has 0 unspecified atom stereocenters. The zero-order chi connectivity index (χ0) is 14.8. The average Bonchev–Trinajstić information content (AvgIpc) is 2.41. The van der Waals surface area contributed by atoms with E-state index in [9.17, 15) is 9.59 Å². The van der Waals surface area contributed by atoms with Crippen molar-refractivity contribution in [3.8, 4) is 0 Å². The topological polar surface area (TPSA) is 73.5 Å². The normalized spacial score (nSPS) is 16.9. The Bertz CT molecular complexity index is 302. The van der Waals surface area contributed by atoms with Gasteiger partial charge in [-0.3, -0.25) is 15.0 Å². The van der Waals surface area contributed by atoms with Gasteiger partial charge in [0, 0.05) is 6.54 Å². The first-order valence-electron chi connectivity index (χ1n) is 7.60. The number of hydrogen-bond donors (Lipinski definition) is 3. The van der Waals surface area contributed by atoms with Crippen LogP contribution in [0, 0.1) is 5.92 Å². The lowest BCUT2D eigenvalue weighted by Gasteiger charge is -2.31. The number of likely N-dealkylation sites (tertiary alicyclic amines) is 1. The van der Waals surface area contributed by atoms with E-state index in [4.69, 9.17) is 0 Å². The molecule has 0 radical (unpaired) electrons. The fourth-order valence-corrected chi connectivity index (χ4v) is 2.43. The number of piperidine rings is 1. The van der Waals surface area contributed by atoms with E-state index in [1.54, 1.807) is 0 Å². The van der Waals surface area contributed by atoms with Crippen molar-refractivity contribution in [2.24, 2.45) is 5.92 Å². The van der Waals surface area contributed by atoms with Crippen LogP contribution in [0.2, 0.25) is 0 Å². The number of unbranched alkanes of at least 4 members (excludes halogenated alkanes) is 1. The number of carbonyl (C=O) groups excluding carboxylic acids is 2. The second kappa shape index (κ2) is 9.72. The van der Waals surface area contributed by atoms with Gasteiger partial charge in [-0.05, 0) is 51.9 Å². The summed E-state index contributed by atoms with van der Waals surface area (Å²) in [4.78, 5) is 25.3. The smallest absolute Gasteiger partial charge is 0.321 e. The molecule has 6 nitrogen and oxygen atoms in total. The first-order valence-corrected chi connectivity index (χ1v) is 7.60. The van der Waals surface area contributed by atoms with E-state index in [0.29, 0.717) is 19.0 Å². The molecule has 1 rings (SSSR count). The molecule has 0 aromatic rings. The Kier molecular flexibility index (Phi) is 8.22. The number of carbonyl (C=O) groups is 2. The van der Waals surface area contributed by atoms with E-state index < -0.39 is 0 Å². The maximum Gasteiger partial charge on any atom is 0.321 e. The second-order valence-electron chi connectivity index (χ2n) is 5.43. The van der Waals surface area contributed by atoms with Gasteiger partial charge in [-0.2, -0.15) is 0 Å². The summed E-state index contributed by atoms with van der Waals surface area (Å²) in [6, 6.07) is -0.381. The molecule has 1 aliphatic heterocycles. The van der Waals surface area contributed by atoms with Gasteiger partial charge in [-0.1, -0.05) is 13.3 Å². The molecule has 0 aliphatic carbocycles. The average molecular weight is 284 g/mol. The minimum atomic E-state index is -0.381. The molecular weight excluding hydrogens is 256 g/mol. The molecule has 0 atom stereocenters. The number of nitrogens with one attached hydrogen (secondary N) is 3. The van der Waals surface area contributed by atoms with E-state index in [0.717, 1.165) is 45.3 Å². The van der Waals surface area contributed by atoms with Gasteiger partial charge >= 0.3 is 6.03 Å². The van der Waals surface area contributed by atoms with Crippen LogP contribution in [-0.4, -0.2) is 56.6 Å². The molecular formula is C14H28N4O2. The summed E-state index contributed by atoms with van der Waals surface area (Å²) in [7, 11) is 1.97. The molecule has 0 spiro atoms. The predicted molar refractivity (Wildman–Crippen MR) is 79.5 cm³/mol. The summed E-state index contributed by atoms with van der Waals surface area (Å²) in [5, 5.41) is 8.25. The summed E-state index contributed by atoms with van der Waals surface area (Å²) >= 11 is 0. The van der Waals surface area contributed by atoms with Crippen LogP contribution in [0.25, 0.3) is 0 Å². The number of rotatable bonds is 7. The molecule has 20 heavy (non-hydrogen) atoms. The zero-order valence-electron chi connectivity index (χ0n) is 12.7. The van der Waals surface area contributed by atoms with E-state index in [1.165, 1.54) is 0 Å². The van der Waals surface area contributed by atoms with Gasteiger partial charge in [-0.15, -0.1) is 0 Å². The molecule has 3 amide bonds. The highest BCUT2D eigenvalue weighted by atomic mass is 16.2. The summed E-state index contributed by atoms with van der Waals surface area (Å²) < 4.78 is 0. The number of hydrogen-bond acceptors (Lipinski definition) is 4. The van der Waals surface area contributed by atoms with Crippen molar-refractivity contribution in [2.45, 2.75) is 32.6 Å². The lowest BCUT2D eigenvalue weighted by Crippen LogP contribution is -2.46. The van der Waals surface area contributed by atoms with E-state index in [1.807, 2.05) is 7.05 Å². The Labute approximate surface area is 121 Å². The maximum atomic E-state index is 11.7. The molecule has 1 fully saturated rings. The van der Waals surface area contributed by atoms with Crippen molar-refractivity contribution in [1.29, 1.82) is 0 Å². The van der Waals surface area contributed by atoms with Crippen LogP contribution in [0.1, 0.15) is 32.6 Å². The number of urea groups is 1. The van der Waals surface area contributed by atoms with Crippen LogP contribution in [-0.2, 0) is 4.79 Å². The number of imide groups is 1. The lowest BCUT2D eigenvalue weighted by atomic mass is 9.97. The van der Waals surface area contributed by atoms with Gasteiger partial charge in [0.15, 0.2) is 0 Å². The van der Waals surface area contributed by atoms with Crippen LogP contribution in [0.3, 0.4) is 0 Å². The van der Waals surface area contributed by atoms with Crippen LogP contribution < -0.4 is 16.0 Å². The highest BCUT2D eigenvalue weighted by Gasteiger charge is 2.20. The molecule has 6 heteroatoms. The minimum Gasteiger partial charge on any atom is -0.338 e. The zero-order valence-corrected chi connectivity index (χ0v) is 12.7. The molecule has 1 aliphatic rings.